The molecular weight excluding hydrogens is 236 g/mol. The lowest BCUT2D eigenvalue weighted by Gasteiger charge is -2.23. The monoisotopic (exact) mass is 258 g/mol. The van der Waals surface area contributed by atoms with Gasteiger partial charge in [-0.15, -0.1) is 0 Å². The Balaban J connectivity index is 2.25. The van der Waals surface area contributed by atoms with E-state index in [1.807, 2.05) is 0 Å². The standard InChI is InChI=1S/C12H22N2O4/c1-18-8-3-2-6-13-12(17)14-7-4-5-10(14)9-11(15)16/h10H,2-9H2,1H3,(H,13,17)(H,15,16). The second-order valence-electron chi connectivity index (χ2n) is 4.52. The predicted octanol–water partition coefficient (Wildman–Crippen LogP) is 1.06. The zero-order valence-electron chi connectivity index (χ0n) is 10.9. The molecule has 2 amide bonds. The van der Waals surface area contributed by atoms with Crippen LogP contribution in [-0.4, -0.2) is 54.9 Å². The van der Waals surface area contributed by atoms with Crippen LogP contribution in [0.15, 0.2) is 0 Å². The number of likely N-dealkylation sites (tertiary alicyclic amines) is 1. The van der Waals surface area contributed by atoms with Crippen LogP contribution >= 0.6 is 0 Å². The normalized spacial score (nSPS) is 18.9. The van der Waals surface area contributed by atoms with Crippen molar-refractivity contribution in [2.24, 2.45) is 0 Å². The third-order valence-corrected chi connectivity index (χ3v) is 3.10. The largest absolute Gasteiger partial charge is 0.481 e. The molecule has 0 aliphatic carbocycles. The minimum Gasteiger partial charge on any atom is -0.481 e. The van der Waals surface area contributed by atoms with Gasteiger partial charge in [0.15, 0.2) is 0 Å². The molecular formula is C12H22N2O4. The number of methoxy groups -OCH3 is 1. The lowest BCUT2D eigenvalue weighted by Crippen LogP contribution is -2.43. The molecule has 104 valence electrons. The molecule has 0 aromatic heterocycles. The Kier molecular flexibility index (Phi) is 6.49. The van der Waals surface area contributed by atoms with Crippen molar-refractivity contribution in [3.63, 3.8) is 0 Å². The summed E-state index contributed by atoms with van der Waals surface area (Å²) in [5, 5.41) is 11.6. The van der Waals surface area contributed by atoms with Gasteiger partial charge in [0.05, 0.1) is 6.42 Å². The molecule has 0 aromatic carbocycles. The average molecular weight is 258 g/mol. The summed E-state index contributed by atoms with van der Waals surface area (Å²) in [4.78, 5) is 24.2. The maximum absolute atomic E-state index is 11.9. The van der Waals surface area contributed by atoms with Gasteiger partial charge in [-0.05, 0) is 25.7 Å². The SMILES string of the molecule is COCCCCNC(=O)N1CCCC1CC(=O)O. The first-order chi connectivity index (χ1) is 8.65. The number of ether oxygens (including phenoxy) is 1. The van der Waals surface area contributed by atoms with Gasteiger partial charge in [-0.2, -0.15) is 0 Å². The number of carbonyl (C=O) groups excluding carboxylic acids is 1. The fourth-order valence-electron chi connectivity index (χ4n) is 2.19. The summed E-state index contributed by atoms with van der Waals surface area (Å²) in [5.74, 6) is -0.847. The summed E-state index contributed by atoms with van der Waals surface area (Å²) in [6, 6.07) is -0.294. The number of hydrogen-bond donors (Lipinski definition) is 2. The summed E-state index contributed by atoms with van der Waals surface area (Å²) >= 11 is 0. The van der Waals surface area contributed by atoms with Crippen LogP contribution < -0.4 is 5.32 Å². The number of carbonyl (C=O) groups is 2. The summed E-state index contributed by atoms with van der Waals surface area (Å²) in [6.07, 6.45) is 3.49. The van der Waals surface area contributed by atoms with Crippen LogP contribution in [0.5, 0.6) is 0 Å². The summed E-state index contributed by atoms with van der Waals surface area (Å²) < 4.78 is 4.92. The second kappa shape index (κ2) is 7.92. The van der Waals surface area contributed by atoms with E-state index in [0.717, 1.165) is 25.7 Å². The highest BCUT2D eigenvalue weighted by atomic mass is 16.5. The topological polar surface area (TPSA) is 78.9 Å². The number of unbranched alkanes of at least 4 members (excludes halogenated alkanes) is 1. The van der Waals surface area contributed by atoms with E-state index in [1.54, 1.807) is 12.0 Å². The summed E-state index contributed by atoms with van der Waals surface area (Å²) in [7, 11) is 1.65. The molecule has 1 aliphatic rings. The molecule has 18 heavy (non-hydrogen) atoms. The molecule has 1 atom stereocenters. The van der Waals surface area contributed by atoms with Gasteiger partial charge in [0.2, 0.25) is 0 Å². The molecule has 6 heteroatoms. The Morgan fingerprint density at radius 2 is 2.22 bits per heavy atom. The Hall–Kier alpha value is -1.30. The molecule has 1 fully saturated rings. The van der Waals surface area contributed by atoms with E-state index in [2.05, 4.69) is 5.32 Å². The Bertz CT molecular complexity index is 283. The van der Waals surface area contributed by atoms with Crippen molar-refractivity contribution < 1.29 is 19.4 Å². The van der Waals surface area contributed by atoms with Crippen molar-refractivity contribution in [2.75, 3.05) is 26.8 Å². The van der Waals surface area contributed by atoms with Gasteiger partial charge in [0.25, 0.3) is 0 Å². The van der Waals surface area contributed by atoms with E-state index < -0.39 is 5.97 Å². The number of carboxylic acids is 1. The number of rotatable bonds is 7. The smallest absolute Gasteiger partial charge is 0.317 e. The third-order valence-electron chi connectivity index (χ3n) is 3.10. The Morgan fingerprint density at radius 3 is 2.89 bits per heavy atom. The number of nitrogens with zero attached hydrogens (tertiary/aromatic N) is 1. The summed E-state index contributed by atoms with van der Waals surface area (Å²) in [6.45, 7) is 1.96. The van der Waals surface area contributed by atoms with Crippen LogP contribution in [0.2, 0.25) is 0 Å². The highest BCUT2D eigenvalue weighted by Crippen LogP contribution is 2.19. The Morgan fingerprint density at radius 1 is 1.44 bits per heavy atom. The number of carboxylic acid groups (broad SMARTS) is 1. The molecule has 1 aliphatic heterocycles. The minimum atomic E-state index is -0.847. The van der Waals surface area contributed by atoms with Gasteiger partial charge in [-0.3, -0.25) is 4.79 Å². The average Bonchev–Trinajstić information content (AvgIpc) is 2.76. The highest BCUT2D eigenvalue weighted by Gasteiger charge is 2.29. The van der Waals surface area contributed by atoms with Crippen molar-refractivity contribution in [3.05, 3.63) is 0 Å². The number of aliphatic carboxylic acids is 1. The van der Waals surface area contributed by atoms with Gasteiger partial charge >= 0.3 is 12.0 Å². The molecule has 1 rings (SSSR count). The minimum absolute atomic E-state index is 0.0388. The molecule has 6 nitrogen and oxygen atoms in total. The molecule has 1 unspecified atom stereocenters. The second-order valence-corrected chi connectivity index (χ2v) is 4.52. The van der Waals surface area contributed by atoms with E-state index in [4.69, 9.17) is 9.84 Å². The maximum atomic E-state index is 11.9. The van der Waals surface area contributed by atoms with Crippen molar-refractivity contribution in [2.45, 2.75) is 38.1 Å². The zero-order valence-corrected chi connectivity index (χ0v) is 10.9. The molecule has 0 spiro atoms. The number of nitrogens with one attached hydrogen (secondary N) is 1. The van der Waals surface area contributed by atoms with Crippen molar-refractivity contribution in [3.8, 4) is 0 Å². The molecule has 1 saturated heterocycles. The quantitative estimate of drug-likeness (QED) is 0.669. The molecule has 0 bridgehead atoms. The number of amides is 2. The fraction of sp³-hybridized carbons (Fsp3) is 0.833. The molecule has 0 radical (unpaired) electrons. The molecule has 1 heterocycles. The van der Waals surface area contributed by atoms with Gasteiger partial charge in [-0.25, -0.2) is 4.79 Å². The Labute approximate surface area is 107 Å². The highest BCUT2D eigenvalue weighted by molar-refractivity contribution is 5.76. The van der Waals surface area contributed by atoms with Crippen LogP contribution in [-0.2, 0) is 9.53 Å². The summed E-state index contributed by atoms with van der Waals surface area (Å²) in [5.41, 5.74) is 0. The molecule has 0 aromatic rings. The van der Waals surface area contributed by atoms with Crippen molar-refractivity contribution in [1.29, 1.82) is 0 Å². The van der Waals surface area contributed by atoms with E-state index in [-0.39, 0.29) is 18.5 Å². The first-order valence-electron chi connectivity index (χ1n) is 6.40. The maximum Gasteiger partial charge on any atom is 0.317 e. The van der Waals surface area contributed by atoms with Crippen LogP contribution in [0.1, 0.15) is 32.1 Å². The fourth-order valence-corrected chi connectivity index (χ4v) is 2.19. The van der Waals surface area contributed by atoms with E-state index >= 15 is 0 Å². The first-order valence-corrected chi connectivity index (χ1v) is 6.40. The zero-order chi connectivity index (χ0) is 13.4. The van der Waals surface area contributed by atoms with Gasteiger partial charge in [0.1, 0.15) is 0 Å². The van der Waals surface area contributed by atoms with Gasteiger partial charge in [0, 0.05) is 32.8 Å². The van der Waals surface area contributed by atoms with E-state index in [9.17, 15) is 9.59 Å². The van der Waals surface area contributed by atoms with Gasteiger partial charge in [-0.1, -0.05) is 0 Å². The van der Waals surface area contributed by atoms with Crippen LogP contribution in [0.3, 0.4) is 0 Å². The van der Waals surface area contributed by atoms with Gasteiger partial charge < -0.3 is 20.1 Å². The number of hydrogen-bond acceptors (Lipinski definition) is 3. The molecule has 2 N–H and O–H groups in total. The number of urea groups is 1. The third kappa shape index (κ3) is 4.91. The van der Waals surface area contributed by atoms with Crippen molar-refractivity contribution >= 4 is 12.0 Å². The van der Waals surface area contributed by atoms with Crippen molar-refractivity contribution in [1.82, 2.24) is 10.2 Å². The van der Waals surface area contributed by atoms with Crippen LogP contribution in [0.25, 0.3) is 0 Å². The molecule has 0 saturated carbocycles. The van der Waals surface area contributed by atoms with E-state index in [0.29, 0.717) is 19.7 Å². The lowest BCUT2D eigenvalue weighted by molar-refractivity contribution is -0.137. The first kappa shape index (κ1) is 14.8. The van der Waals surface area contributed by atoms with Crippen LogP contribution in [0, 0.1) is 0 Å². The van der Waals surface area contributed by atoms with Crippen LogP contribution in [0.4, 0.5) is 4.79 Å². The predicted molar refractivity (Wildman–Crippen MR) is 66.5 cm³/mol. The lowest BCUT2D eigenvalue weighted by atomic mass is 10.1. The van der Waals surface area contributed by atoms with E-state index in [1.165, 1.54) is 0 Å².